The molecule has 0 saturated heterocycles. The molecule has 1 atom stereocenters. The van der Waals surface area contributed by atoms with Crippen molar-refractivity contribution >= 4 is 17.9 Å². The molecule has 0 aromatic carbocycles. The van der Waals surface area contributed by atoms with E-state index in [1.807, 2.05) is 72.9 Å². The summed E-state index contributed by atoms with van der Waals surface area (Å²) in [6, 6.07) is 0. The number of hydrogen-bond donors (Lipinski definition) is 0. The van der Waals surface area contributed by atoms with Crippen LogP contribution in [0.1, 0.15) is 207 Å². The van der Waals surface area contributed by atoms with Gasteiger partial charge in [-0.1, -0.05) is 214 Å². The average Bonchev–Trinajstić information content (AvgIpc) is 3.27. The highest BCUT2D eigenvalue weighted by Crippen LogP contribution is 2.13. The second kappa shape index (κ2) is 49.7. The van der Waals surface area contributed by atoms with Crippen LogP contribution in [0.25, 0.3) is 0 Å². The highest BCUT2D eigenvalue weighted by molar-refractivity contribution is 5.71. The van der Waals surface area contributed by atoms with Gasteiger partial charge in [-0.25, -0.2) is 0 Å². The van der Waals surface area contributed by atoms with Crippen molar-refractivity contribution in [2.45, 2.75) is 213 Å². The molecule has 62 heavy (non-hydrogen) atoms. The second-order valence-electron chi connectivity index (χ2n) is 16.2. The van der Waals surface area contributed by atoms with E-state index in [0.29, 0.717) is 19.3 Å². The second-order valence-corrected chi connectivity index (χ2v) is 16.2. The van der Waals surface area contributed by atoms with Gasteiger partial charge in [0.2, 0.25) is 0 Å². The molecule has 0 rings (SSSR count). The van der Waals surface area contributed by atoms with Gasteiger partial charge in [-0.2, -0.15) is 0 Å². The number of esters is 3. The Bertz CT molecular complexity index is 1310. The Hall–Kier alpha value is -3.93. The molecule has 0 radical (unpaired) electrons. The Morgan fingerprint density at radius 3 is 1.10 bits per heavy atom. The highest BCUT2D eigenvalue weighted by Gasteiger charge is 2.19. The molecule has 0 spiro atoms. The van der Waals surface area contributed by atoms with Gasteiger partial charge in [0.15, 0.2) is 6.10 Å². The predicted molar refractivity (Wildman–Crippen MR) is 265 cm³/mol. The summed E-state index contributed by atoms with van der Waals surface area (Å²) in [6.07, 6.45) is 66.4. The first-order valence-corrected chi connectivity index (χ1v) is 25.0. The molecule has 0 aliphatic carbocycles. The molecule has 0 N–H and O–H groups in total. The van der Waals surface area contributed by atoms with Crippen LogP contribution in [0.5, 0.6) is 0 Å². The number of unbranched alkanes of at least 4 members (excludes halogenated alkanes) is 20. The van der Waals surface area contributed by atoms with Crippen LogP contribution in [-0.4, -0.2) is 37.2 Å². The third kappa shape index (κ3) is 47.1. The molecule has 350 valence electrons. The van der Waals surface area contributed by atoms with E-state index in [9.17, 15) is 14.4 Å². The topological polar surface area (TPSA) is 78.9 Å². The molecule has 0 fully saturated rings. The molecule has 6 nitrogen and oxygen atoms in total. The van der Waals surface area contributed by atoms with Gasteiger partial charge >= 0.3 is 17.9 Å². The summed E-state index contributed by atoms with van der Waals surface area (Å²) in [5, 5.41) is 0. The maximum absolute atomic E-state index is 12.8. The van der Waals surface area contributed by atoms with E-state index in [0.717, 1.165) is 96.3 Å². The molecule has 0 saturated carbocycles. The summed E-state index contributed by atoms with van der Waals surface area (Å²) in [5.74, 6) is -0.985. The fourth-order valence-electron chi connectivity index (χ4n) is 6.40. The fraction of sp³-hybridized carbons (Fsp3) is 0.625. The fourth-order valence-corrected chi connectivity index (χ4v) is 6.40. The van der Waals surface area contributed by atoms with Crippen LogP contribution in [0.3, 0.4) is 0 Å². The van der Waals surface area contributed by atoms with Gasteiger partial charge in [0.1, 0.15) is 13.2 Å². The maximum Gasteiger partial charge on any atom is 0.306 e. The first-order chi connectivity index (χ1) is 30.5. The summed E-state index contributed by atoms with van der Waals surface area (Å²) in [4.78, 5) is 37.9. The normalized spacial score (nSPS) is 13.0. The largest absolute Gasteiger partial charge is 0.462 e. The number of allylic oxidation sites excluding steroid dienone is 18. The van der Waals surface area contributed by atoms with Gasteiger partial charge in [-0.15, -0.1) is 0 Å². The zero-order chi connectivity index (χ0) is 45.1. The molecule has 0 aromatic heterocycles. The molecule has 0 bridgehead atoms. The third-order valence-electron chi connectivity index (χ3n) is 10.2. The SMILES string of the molecule is CC\C=C/C=C\C=C/C=C\C=C\C=C/C=C\CCCCCC(=O)OCC(COC(=O)CCCCCCC/C=C\CCCC)OC(=O)CCCCC/C=C\CCCCCCCCC. The van der Waals surface area contributed by atoms with E-state index in [1.54, 1.807) is 0 Å². The molecule has 0 aromatic rings. The van der Waals surface area contributed by atoms with Gasteiger partial charge in [0, 0.05) is 19.3 Å². The van der Waals surface area contributed by atoms with Crippen molar-refractivity contribution in [3.05, 3.63) is 109 Å². The highest BCUT2D eigenvalue weighted by atomic mass is 16.6. The molecule has 6 heteroatoms. The summed E-state index contributed by atoms with van der Waals surface area (Å²) in [5.41, 5.74) is 0. The Kier molecular flexibility index (Phi) is 46.6. The van der Waals surface area contributed by atoms with E-state index in [4.69, 9.17) is 14.2 Å². The van der Waals surface area contributed by atoms with Crippen molar-refractivity contribution in [1.82, 2.24) is 0 Å². The molecule has 0 amide bonds. The zero-order valence-electron chi connectivity index (χ0n) is 39.8. The van der Waals surface area contributed by atoms with Gasteiger partial charge < -0.3 is 14.2 Å². The van der Waals surface area contributed by atoms with Crippen LogP contribution in [-0.2, 0) is 28.6 Å². The van der Waals surface area contributed by atoms with Gasteiger partial charge in [0.05, 0.1) is 0 Å². The van der Waals surface area contributed by atoms with Crippen molar-refractivity contribution in [2.24, 2.45) is 0 Å². The molecule has 0 aliphatic rings. The number of carbonyl (C=O) groups excluding carboxylic acids is 3. The summed E-state index contributed by atoms with van der Waals surface area (Å²) >= 11 is 0. The van der Waals surface area contributed by atoms with E-state index >= 15 is 0 Å². The van der Waals surface area contributed by atoms with Gasteiger partial charge in [0.25, 0.3) is 0 Å². The van der Waals surface area contributed by atoms with Gasteiger partial charge in [-0.05, 0) is 83.5 Å². The quantitative estimate of drug-likeness (QED) is 0.0200. The Morgan fingerprint density at radius 2 is 0.661 bits per heavy atom. The predicted octanol–water partition coefficient (Wildman–Crippen LogP) is 16.4. The number of hydrogen-bond acceptors (Lipinski definition) is 6. The molecule has 1 unspecified atom stereocenters. The third-order valence-corrected chi connectivity index (χ3v) is 10.2. The van der Waals surface area contributed by atoms with Crippen LogP contribution in [0.15, 0.2) is 109 Å². The van der Waals surface area contributed by atoms with E-state index in [-0.39, 0.29) is 31.1 Å². The lowest BCUT2D eigenvalue weighted by atomic mass is 10.1. The summed E-state index contributed by atoms with van der Waals surface area (Å²) < 4.78 is 16.7. The lowest BCUT2D eigenvalue weighted by Crippen LogP contribution is -2.30. The average molecular weight is 859 g/mol. The van der Waals surface area contributed by atoms with Crippen molar-refractivity contribution in [1.29, 1.82) is 0 Å². The summed E-state index contributed by atoms with van der Waals surface area (Å²) in [7, 11) is 0. The van der Waals surface area contributed by atoms with Crippen molar-refractivity contribution in [3.63, 3.8) is 0 Å². The Balaban J connectivity index is 4.52. The zero-order valence-corrected chi connectivity index (χ0v) is 39.8. The Morgan fingerprint density at radius 1 is 0.339 bits per heavy atom. The first-order valence-electron chi connectivity index (χ1n) is 25.0. The van der Waals surface area contributed by atoms with E-state index in [1.165, 1.54) is 70.6 Å². The van der Waals surface area contributed by atoms with Crippen LogP contribution < -0.4 is 0 Å². The standard InChI is InChI=1S/C56H90O6/c1-4-7-10-13-16-19-22-24-26-27-28-29-30-32-34-37-40-43-46-49-55(58)61-52-53(51-60-54(57)48-45-42-39-36-33-21-18-15-12-9-6-3)62-56(59)50-47-44-41-38-35-31-25-23-20-17-14-11-8-5-2/h7,10,13,15-16,18-19,22,24,26-32,34-35,53H,4-6,8-9,11-12,14,17,20-21,23,25,33,36-52H2,1-3H3/b10-7-,16-13-,18-15-,22-19-,26-24-,28-27+,30-29-,34-32-,35-31-. The number of carbonyl (C=O) groups is 3. The number of ether oxygens (including phenoxy) is 3. The van der Waals surface area contributed by atoms with Crippen LogP contribution in [0, 0.1) is 0 Å². The Labute approximate surface area is 380 Å². The van der Waals surface area contributed by atoms with E-state index < -0.39 is 6.10 Å². The molecular formula is C56H90O6. The minimum atomic E-state index is -0.809. The molecule has 0 aliphatic heterocycles. The minimum absolute atomic E-state index is 0.106. The van der Waals surface area contributed by atoms with Crippen LogP contribution in [0.4, 0.5) is 0 Å². The van der Waals surface area contributed by atoms with Gasteiger partial charge in [-0.3, -0.25) is 14.4 Å². The maximum atomic E-state index is 12.8. The first kappa shape index (κ1) is 58.1. The molecular weight excluding hydrogens is 769 g/mol. The smallest absolute Gasteiger partial charge is 0.306 e. The lowest BCUT2D eigenvalue weighted by Gasteiger charge is -2.18. The monoisotopic (exact) mass is 859 g/mol. The van der Waals surface area contributed by atoms with E-state index in [2.05, 4.69) is 57.2 Å². The van der Waals surface area contributed by atoms with Crippen LogP contribution in [0.2, 0.25) is 0 Å². The lowest BCUT2D eigenvalue weighted by molar-refractivity contribution is -0.167. The van der Waals surface area contributed by atoms with Crippen molar-refractivity contribution < 1.29 is 28.6 Å². The minimum Gasteiger partial charge on any atom is -0.462 e. The summed E-state index contributed by atoms with van der Waals surface area (Å²) in [6.45, 7) is 6.37. The van der Waals surface area contributed by atoms with Crippen molar-refractivity contribution in [2.75, 3.05) is 13.2 Å². The number of rotatable bonds is 43. The van der Waals surface area contributed by atoms with Crippen molar-refractivity contribution in [3.8, 4) is 0 Å². The van der Waals surface area contributed by atoms with Crippen LogP contribution >= 0.6 is 0 Å². The molecule has 0 heterocycles.